The van der Waals surface area contributed by atoms with Crippen LogP contribution in [-0.4, -0.2) is 97.7 Å². The van der Waals surface area contributed by atoms with E-state index in [1.54, 1.807) is 54.8 Å². The Kier molecular flexibility index (Phi) is 14.6. The molecule has 242 valence electrons. The maximum atomic E-state index is 13.2. The van der Waals surface area contributed by atoms with Gasteiger partial charge in [0.2, 0.25) is 13.6 Å². The smallest absolute Gasteiger partial charge is 0.361 e. The van der Waals surface area contributed by atoms with E-state index in [9.17, 15) is 23.7 Å². The minimum atomic E-state index is -3.97. The molecular formula is C25H40N5O12P. The van der Waals surface area contributed by atoms with Crippen molar-refractivity contribution in [2.45, 2.75) is 66.8 Å². The van der Waals surface area contributed by atoms with Gasteiger partial charge in [0.1, 0.15) is 30.8 Å². The Morgan fingerprint density at radius 2 is 1.63 bits per heavy atom. The predicted octanol–water partition coefficient (Wildman–Crippen LogP) is 1.86. The monoisotopic (exact) mass is 633 g/mol. The molecule has 3 N–H and O–H groups in total. The van der Waals surface area contributed by atoms with E-state index in [1.807, 2.05) is 4.90 Å². The van der Waals surface area contributed by atoms with Crippen LogP contribution in [0.4, 0.5) is 0 Å². The summed E-state index contributed by atoms with van der Waals surface area (Å²) in [6.45, 7) is 11.0. The van der Waals surface area contributed by atoms with E-state index < -0.39 is 62.4 Å². The van der Waals surface area contributed by atoms with Crippen LogP contribution in [0.2, 0.25) is 0 Å². The van der Waals surface area contributed by atoms with Gasteiger partial charge in [-0.05, 0) is 48.5 Å². The number of esters is 2. The first kappa shape index (κ1) is 37.4. The molecule has 0 saturated heterocycles. The van der Waals surface area contributed by atoms with E-state index in [4.69, 9.17) is 34.1 Å². The van der Waals surface area contributed by atoms with Crippen molar-refractivity contribution in [2.24, 2.45) is 31.5 Å². The van der Waals surface area contributed by atoms with Crippen LogP contribution in [-0.2, 0) is 51.7 Å². The van der Waals surface area contributed by atoms with Crippen LogP contribution in [0.5, 0.6) is 0 Å². The standard InChI is InChI=1S/C21H36N5O8P.C4H4O4/c1-14(8-26-10-25-15-16(22)23-9-24-17(15)26)32-13-35(29,33-11-30-18(27)20(2,3)4)34-12-31-19(28)21(5,6)7;5-3-8-2-1-4(6)7/h9-10,14-15,17H,8,11-13H2,1-7H3,(H2,22,23,24);1-3H,(H,6,7)/b;2-1+/t14-,15?,17?;/m1./s1. The van der Waals surface area contributed by atoms with Gasteiger partial charge >= 0.3 is 25.5 Å². The highest BCUT2D eigenvalue weighted by Gasteiger charge is 2.36. The van der Waals surface area contributed by atoms with Crippen LogP contribution in [0, 0.1) is 10.8 Å². The third kappa shape index (κ3) is 13.9. The summed E-state index contributed by atoms with van der Waals surface area (Å²) in [7, 11) is -3.97. The lowest BCUT2D eigenvalue weighted by Gasteiger charge is -2.28. The summed E-state index contributed by atoms with van der Waals surface area (Å²) in [5, 5.41) is 7.86. The third-order valence-corrected chi connectivity index (χ3v) is 6.62. The van der Waals surface area contributed by atoms with Gasteiger partial charge in [-0.3, -0.25) is 33.0 Å². The molecular weight excluding hydrogens is 593 g/mol. The fourth-order valence-electron chi connectivity index (χ4n) is 2.84. The number of fused-ring (bicyclic) bond motifs is 1. The largest absolute Gasteiger partial charge is 0.478 e. The highest BCUT2D eigenvalue weighted by Crippen LogP contribution is 2.48. The third-order valence-electron chi connectivity index (χ3n) is 5.16. The van der Waals surface area contributed by atoms with E-state index in [0.717, 1.165) is 6.26 Å². The van der Waals surface area contributed by atoms with Gasteiger partial charge in [0.15, 0.2) is 6.17 Å². The summed E-state index contributed by atoms with van der Waals surface area (Å²) in [4.78, 5) is 57.3. The van der Waals surface area contributed by atoms with E-state index in [-0.39, 0.29) is 18.7 Å². The van der Waals surface area contributed by atoms with Crippen LogP contribution in [0.15, 0.2) is 27.3 Å². The molecule has 3 atom stereocenters. The summed E-state index contributed by atoms with van der Waals surface area (Å²) in [5.41, 5.74) is 4.32. The number of carboxylic acid groups (broad SMARTS) is 1. The average Bonchev–Trinajstić information content (AvgIpc) is 3.30. The molecule has 0 aromatic rings. The quantitative estimate of drug-likeness (QED) is 0.0529. The molecule has 2 aliphatic heterocycles. The Bertz CT molecular complexity index is 1110. The zero-order chi connectivity index (χ0) is 32.8. The summed E-state index contributed by atoms with van der Waals surface area (Å²) in [5.74, 6) is -1.86. The molecule has 2 rings (SSSR count). The van der Waals surface area contributed by atoms with Crippen LogP contribution in [0.25, 0.3) is 0 Å². The Morgan fingerprint density at radius 3 is 2.12 bits per heavy atom. The fraction of sp³-hybridized carbons (Fsp3) is 0.640. The number of rotatable bonds is 14. The Morgan fingerprint density at radius 1 is 1.07 bits per heavy atom. The van der Waals surface area contributed by atoms with Crippen LogP contribution in [0.1, 0.15) is 48.5 Å². The first-order valence-corrected chi connectivity index (χ1v) is 14.6. The van der Waals surface area contributed by atoms with Gasteiger partial charge in [-0.2, -0.15) is 0 Å². The van der Waals surface area contributed by atoms with Gasteiger partial charge in [0.25, 0.3) is 6.47 Å². The first-order valence-electron chi connectivity index (χ1n) is 12.9. The Labute approximate surface area is 249 Å². The zero-order valence-electron chi connectivity index (χ0n) is 25.2. The van der Waals surface area contributed by atoms with Crippen molar-refractivity contribution < 1.29 is 56.8 Å². The van der Waals surface area contributed by atoms with Crippen molar-refractivity contribution >= 4 is 50.5 Å². The molecule has 2 aliphatic rings. The van der Waals surface area contributed by atoms with Gasteiger partial charge < -0.3 is 34.7 Å². The average molecular weight is 634 g/mol. The molecule has 0 radical (unpaired) electrons. The summed E-state index contributed by atoms with van der Waals surface area (Å²) >= 11 is 0. The maximum Gasteiger partial charge on any atom is 0.361 e. The highest BCUT2D eigenvalue weighted by molar-refractivity contribution is 7.53. The highest BCUT2D eigenvalue weighted by atomic mass is 31.2. The molecule has 0 saturated carbocycles. The molecule has 43 heavy (non-hydrogen) atoms. The lowest BCUT2D eigenvalue weighted by molar-refractivity contribution is -0.162. The Balaban J connectivity index is 0.00000101. The lowest BCUT2D eigenvalue weighted by Crippen LogP contribution is -2.46. The van der Waals surface area contributed by atoms with Gasteiger partial charge in [0.05, 0.1) is 29.3 Å². The molecule has 0 fully saturated rings. The molecule has 0 aromatic carbocycles. The van der Waals surface area contributed by atoms with Crippen molar-refractivity contribution in [1.29, 1.82) is 0 Å². The number of aliphatic imine (C=N–C) groups is 3. The number of amidine groups is 1. The zero-order valence-corrected chi connectivity index (χ0v) is 26.1. The number of carbonyl (C=O) groups excluding carboxylic acids is 3. The van der Waals surface area contributed by atoms with E-state index >= 15 is 0 Å². The number of aliphatic carboxylic acids is 1. The van der Waals surface area contributed by atoms with Crippen molar-refractivity contribution in [3.05, 3.63) is 12.3 Å². The number of ether oxygens (including phenoxy) is 4. The minimum absolute atomic E-state index is 0.138. The van der Waals surface area contributed by atoms with Crippen LogP contribution >= 0.6 is 7.60 Å². The van der Waals surface area contributed by atoms with Crippen LogP contribution in [0.3, 0.4) is 0 Å². The number of carbonyl (C=O) groups is 4. The minimum Gasteiger partial charge on any atom is -0.478 e. The molecule has 0 aliphatic carbocycles. The normalized spacial score (nSPS) is 18.7. The number of nitrogens with zero attached hydrogens (tertiary/aromatic N) is 4. The molecule has 2 heterocycles. The number of carboxylic acids is 1. The van der Waals surface area contributed by atoms with E-state index in [0.29, 0.717) is 18.5 Å². The SMILES string of the molecule is C[C@H](CN1C=NC2C(N)=NC=NC21)OCP(=O)(OCOC(=O)C(C)(C)C)OCOC(=O)C(C)(C)C.O=CO/C=C/C(=O)O. The van der Waals surface area contributed by atoms with Gasteiger partial charge in [-0.25, -0.2) is 14.8 Å². The molecule has 17 nitrogen and oxygen atoms in total. The number of hydrogen-bond acceptors (Lipinski definition) is 16. The topological polar surface area (TPSA) is 227 Å². The number of hydrogen-bond donors (Lipinski definition) is 2. The van der Waals surface area contributed by atoms with Crippen molar-refractivity contribution in [2.75, 3.05) is 26.5 Å². The van der Waals surface area contributed by atoms with Crippen molar-refractivity contribution in [3.63, 3.8) is 0 Å². The van der Waals surface area contributed by atoms with Crippen molar-refractivity contribution in [1.82, 2.24) is 4.90 Å². The molecule has 0 bridgehead atoms. The molecule has 18 heteroatoms. The second-order valence-corrected chi connectivity index (χ2v) is 13.1. The second kappa shape index (κ2) is 16.8. The fourth-order valence-corrected chi connectivity index (χ4v) is 3.93. The maximum absolute atomic E-state index is 13.2. The second-order valence-electron chi connectivity index (χ2n) is 11.1. The van der Waals surface area contributed by atoms with Gasteiger partial charge in [0, 0.05) is 6.54 Å². The van der Waals surface area contributed by atoms with Crippen molar-refractivity contribution in [3.8, 4) is 0 Å². The van der Waals surface area contributed by atoms with Gasteiger partial charge in [-0.15, -0.1) is 0 Å². The lowest BCUT2D eigenvalue weighted by atomic mass is 9.98. The van der Waals surface area contributed by atoms with E-state index in [2.05, 4.69) is 19.7 Å². The van der Waals surface area contributed by atoms with Crippen LogP contribution < -0.4 is 5.73 Å². The van der Waals surface area contributed by atoms with Gasteiger partial charge in [-0.1, -0.05) is 0 Å². The summed E-state index contributed by atoms with van der Waals surface area (Å²) in [6.07, 6.45) is 3.25. The molecule has 2 unspecified atom stereocenters. The van der Waals surface area contributed by atoms with E-state index in [1.165, 1.54) is 6.34 Å². The Hall–Kier alpha value is -3.66. The summed E-state index contributed by atoms with van der Waals surface area (Å²) in [6, 6.07) is -0.361. The molecule has 0 amide bonds. The molecule has 0 aromatic heterocycles. The molecule has 0 spiro atoms. The predicted molar refractivity (Wildman–Crippen MR) is 153 cm³/mol. The first-order chi connectivity index (χ1) is 19.9. The number of nitrogens with two attached hydrogens (primary N) is 1. The summed E-state index contributed by atoms with van der Waals surface area (Å²) < 4.78 is 43.4.